The van der Waals surface area contributed by atoms with E-state index >= 15 is 0 Å². The molecular weight excluding hydrogens is 284 g/mol. The average Bonchev–Trinajstić information content (AvgIpc) is 2.35. The molecular formula is C13H21ClN2O2S. The summed E-state index contributed by atoms with van der Waals surface area (Å²) in [5, 5.41) is 0.235. The van der Waals surface area contributed by atoms with Crippen molar-refractivity contribution in [2.24, 2.45) is 5.73 Å². The third-order valence-electron chi connectivity index (χ3n) is 2.84. The standard InChI is InChI=1S/C13H21ClN2O2S/c1-4-7-16(10(2)3)19(17,18)13-8-11(9-15)5-6-12(13)14/h5-6,8,10H,4,7,9,15H2,1-3H3. The predicted octanol–water partition coefficient (Wildman–Crippen LogP) is 2.61. The van der Waals surface area contributed by atoms with Crippen LogP contribution in [0.1, 0.15) is 32.8 Å². The second kappa shape index (κ2) is 6.70. The van der Waals surface area contributed by atoms with Gasteiger partial charge in [-0.05, 0) is 38.0 Å². The van der Waals surface area contributed by atoms with E-state index in [0.29, 0.717) is 6.54 Å². The molecule has 4 nitrogen and oxygen atoms in total. The SMILES string of the molecule is CCCN(C(C)C)S(=O)(=O)c1cc(CN)ccc1Cl. The normalized spacial score (nSPS) is 12.4. The van der Waals surface area contributed by atoms with E-state index in [1.807, 2.05) is 20.8 Å². The summed E-state index contributed by atoms with van der Waals surface area (Å²) < 4.78 is 26.8. The molecule has 0 radical (unpaired) electrons. The number of nitrogens with two attached hydrogens (primary N) is 1. The summed E-state index contributed by atoms with van der Waals surface area (Å²) in [6, 6.07) is 4.77. The molecule has 0 fully saturated rings. The Morgan fingerprint density at radius 3 is 2.47 bits per heavy atom. The Hall–Kier alpha value is -0.620. The van der Waals surface area contributed by atoms with Crippen LogP contribution >= 0.6 is 11.6 Å². The van der Waals surface area contributed by atoms with Gasteiger partial charge >= 0.3 is 0 Å². The van der Waals surface area contributed by atoms with Crippen LogP contribution in [0.25, 0.3) is 0 Å². The number of hydrogen-bond acceptors (Lipinski definition) is 3. The summed E-state index contributed by atoms with van der Waals surface area (Å²) in [7, 11) is -3.58. The molecule has 0 aliphatic carbocycles. The molecule has 0 spiro atoms. The molecule has 6 heteroatoms. The monoisotopic (exact) mass is 304 g/mol. The zero-order valence-electron chi connectivity index (χ0n) is 11.6. The molecule has 19 heavy (non-hydrogen) atoms. The Morgan fingerprint density at radius 1 is 1.37 bits per heavy atom. The lowest BCUT2D eigenvalue weighted by Crippen LogP contribution is -2.37. The second-order valence-electron chi connectivity index (χ2n) is 4.68. The van der Waals surface area contributed by atoms with Crippen molar-refractivity contribution in [3.63, 3.8) is 0 Å². The summed E-state index contributed by atoms with van der Waals surface area (Å²) in [6.45, 7) is 6.42. The maximum Gasteiger partial charge on any atom is 0.244 e. The largest absolute Gasteiger partial charge is 0.326 e. The van der Waals surface area contributed by atoms with Gasteiger partial charge in [-0.15, -0.1) is 0 Å². The van der Waals surface area contributed by atoms with Gasteiger partial charge in [-0.25, -0.2) is 8.42 Å². The molecule has 0 saturated heterocycles. The van der Waals surface area contributed by atoms with Crippen LogP contribution in [0.4, 0.5) is 0 Å². The molecule has 1 aromatic rings. The van der Waals surface area contributed by atoms with Gasteiger partial charge in [-0.1, -0.05) is 24.6 Å². The van der Waals surface area contributed by atoms with Crippen LogP contribution in [-0.4, -0.2) is 25.3 Å². The first-order valence-electron chi connectivity index (χ1n) is 6.35. The summed E-state index contributed by atoms with van der Waals surface area (Å²) in [5.74, 6) is 0. The van der Waals surface area contributed by atoms with E-state index in [2.05, 4.69) is 0 Å². The van der Waals surface area contributed by atoms with Crippen LogP contribution in [0.3, 0.4) is 0 Å². The maximum atomic E-state index is 12.7. The highest BCUT2D eigenvalue weighted by Crippen LogP contribution is 2.27. The van der Waals surface area contributed by atoms with Gasteiger partial charge in [0.1, 0.15) is 4.90 Å². The van der Waals surface area contributed by atoms with E-state index in [1.165, 1.54) is 4.31 Å². The van der Waals surface area contributed by atoms with Crippen molar-refractivity contribution >= 4 is 21.6 Å². The Kier molecular flexibility index (Phi) is 5.80. The highest BCUT2D eigenvalue weighted by molar-refractivity contribution is 7.89. The van der Waals surface area contributed by atoms with Crippen LogP contribution in [0, 0.1) is 0 Å². The van der Waals surface area contributed by atoms with Crippen molar-refractivity contribution < 1.29 is 8.42 Å². The van der Waals surface area contributed by atoms with Crippen LogP contribution < -0.4 is 5.73 Å². The fourth-order valence-corrected chi connectivity index (χ4v) is 4.13. The van der Waals surface area contributed by atoms with Gasteiger partial charge in [0.05, 0.1) is 5.02 Å². The highest BCUT2D eigenvalue weighted by Gasteiger charge is 2.28. The highest BCUT2D eigenvalue weighted by atomic mass is 35.5. The molecule has 0 aliphatic heterocycles. The molecule has 0 bridgehead atoms. The predicted molar refractivity (Wildman–Crippen MR) is 78.7 cm³/mol. The van der Waals surface area contributed by atoms with Crippen LogP contribution in [0.15, 0.2) is 23.1 Å². The molecule has 0 aliphatic rings. The van der Waals surface area contributed by atoms with Crippen LogP contribution in [-0.2, 0) is 16.6 Å². The van der Waals surface area contributed by atoms with E-state index in [-0.39, 0.29) is 22.5 Å². The molecule has 0 amide bonds. The quantitative estimate of drug-likeness (QED) is 0.878. The fraction of sp³-hybridized carbons (Fsp3) is 0.538. The third kappa shape index (κ3) is 3.69. The number of benzene rings is 1. The number of nitrogens with zero attached hydrogens (tertiary/aromatic N) is 1. The van der Waals surface area contributed by atoms with Gasteiger partial charge in [0.15, 0.2) is 0 Å². The lowest BCUT2D eigenvalue weighted by atomic mass is 10.2. The van der Waals surface area contributed by atoms with Gasteiger partial charge < -0.3 is 5.73 Å². The number of hydrogen-bond donors (Lipinski definition) is 1. The smallest absolute Gasteiger partial charge is 0.244 e. The van der Waals surface area contributed by atoms with Crippen molar-refractivity contribution in [2.75, 3.05) is 6.54 Å². The summed E-state index contributed by atoms with van der Waals surface area (Å²) in [4.78, 5) is 0.138. The third-order valence-corrected chi connectivity index (χ3v) is 5.39. The minimum absolute atomic E-state index is 0.109. The molecule has 1 rings (SSSR count). The maximum absolute atomic E-state index is 12.7. The number of sulfonamides is 1. The molecule has 0 atom stereocenters. The molecule has 0 heterocycles. The summed E-state index contributed by atoms with van der Waals surface area (Å²) in [6.07, 6.45) is 0.756. The molecule has 0 unspecified atom stereocenters. The Morgan fingerprint density at radius 2 is 2.00 bits per heavy atom. The molecule has 108 valence electrons. The van der Waals surface area contributed by atoms with Crippen molar-refractivity contribution in [1.82, 2.24) is 4.31 Å². The van der Waals surface area contributed by atoms with Gasteiger partial charge in [0.2, 0.25) is 10.0 Å². The Labute approximate surface area is 120 Å². The number of halogens is 1. The average molecular weight is 305 g/mol. The minimum atomic E-state index is -3.58. The lowest BCUT2D eigenvalue weighted by Gasteiger charge is -2.26. The van der Waals surface area contributed by atoms with Crippen molar-refractivity contribution in [3.8, 4) is 0 Å². The van der Waals surface area contributed by atoms with Gasteiger partial charge in [-0.3, -0.25) is 0 Å². The van der Waals surface area contributed by atoms with E-state index in [9.17, 15) is 8.42 Å². The second-order valence-corrected chi connectivity index (χ2v) is 6.94. The lowest BCUT2D eigenvalue weighted by molar-refractivity contribution is 0.354. The van der Waals surface area contributed by atoms with E-state index < -0.39 is 10.0 Å². The first kappa shape index (κ1) is 16.4. The Bertz CT molecular complexity index is 529. The molecule has 1 aromatic carbocycles. The summed E-state index contributed by atoms with van der Waals surface area (Å²) in [5.41, 5.74) is 6.31. The topological polar surface area (TPSA) is 63.4 Å². The zero-order valence-corrected chi connectivity index (χ0v) is 13.1. The van der Waals surface area contributed by atoms with Gasteiger partial charge in [0, 0.05) is 19.1 Å². The first-order valence-corrected chi connectivity index (χ1v) is 8.16. The molecule has 0 aromatic heterocycles. The van der Waals surface area contributed by atoms with Crippen LogP contribution in [0.5, 0.6) is 0 Å². The van der Waals surface area contributed by atoms with Crippen LogP contribution in [0.2, 0.25) is 5.02 Å². The van der Waals surface area contributed by atoms with E-state index in [1.54, 1.807) is 18.2 Å². The Balaban J connectivity index is 3.32. The van der Waals surface area contributed by atoms with E-state index in [4.69, 9.17) is 17.3 Å². The van der Waals surface area contributed by atoms with Gasteiger partial charge in [0.25, 0.3) is 0 Å². The van der Waals surface area contributed by atoms with Gasteiger partial charge in [-0.2, -0.15) is 4.31 Å². The first-order chi connectivity index (χ1) is 8.84. The zero-order chi connectivity index (χ0) is 14.6. The van der Waals surface area contributed by atoms with E-state index in [0.717, 1.165) is 12.0 Å². The molecule has 0 saturated carbocycles. The number of rotatable bonds is 6. The fourth-order valence-electron chi connectivity index (χ4n) is 1.88. The van der Waals surface area contributed by atoms with Crippen molar-refractivity contribution in [1.29, 1.82) is 0 Å². The van der Waals surface area contributed by atoms with Crippen molar-refractivity contribution in [3.05, 3.63) is 28.8 Å². The molecule has 2 N–H and O–H groups in total. The van der Waals surface area contributed by atoms with Crippen molar-refractivity contribution in [2.45, 2.75) is 44.7 Å². The minimum Gasteiger partial charge on any atom is -0.326 e. The summed E-state index contributed by atoms with van der Waals surface area (Å²) >= 11 is 6.04.